The molecule has 1 radical (unpaired) electrons. The Balaban J connectivity index is 1.75. The molecule has 2 spiro atoms. The van der Waals surface area contributed by atoms with E-state index in [2.05, 4.69) is 0 Å². The van der Waals surface area contributed by atoms with Crippen molar-refractivity contribution in [3.8, 4) is 0 Å². The highest BCUT2D eigenvalue weighted by molar-refractivity contribution is 6.06. The number of hydrogen-bond donors (Lipinski definition) is 0. The van der Waals surface area contributed by atoms with Crippen LogP contribution in [0.5, 0.6) is 0 Å². The largest absolute Gasteiger partial charge is 0.275 e. The molecule has 2 amide bonds. The lowest BCUT2D eigenvalue weighted by atomic mass is 9.70. The molecule has 0 unspecified atom stereocenters. The van der Waals surface area contributed by atoms with E-state index < -0.39 is 11.1 Å². The maximum absolute atomic E-state index is 13.5. The Hall–Kier alpha value is -1.72. The molecule has 1 aromatic rings. The summed E-state index contributed by atoms with van der Waals surface area (Å²) in [5.41, 5.74) is -1.12. The van der Waals surface area contributed by atoms with Crippen molar-refractivity contribution in [3.63, 3.8) is 0 Å². The number of hydroxylamine groups is 2. The number of amides is 2. The van der Waals surface area contributed by atoms with Crippen LogP contribution in [0.15, 0.2) is 30.3 Å². The van der Waals surface area contributed by atoms with Gasteiger partial charge < -0.3 is 0 Å². The molecule has 3 fully saturated rings. The molecule has 0 aromatic heterocycles. The summed E-state index contributed by atoms with van der Waals surface area (Å²) in [5.74, 6) is -0.533. The molecule has 1 heterocycles. The molecule has 0 N–H and O–H groups in total. The molecule has 1 aliphatic heterocycles. The predicted molar refractivity (Wildman–Crippen MR) is 96.2 cm³/mol. The number of piperazine rings is 1. The molecule has 139 valence electrons. The topological polar surface area (TPSA) is 60.5 Å². The van der Waals surface area contributed by atoms with Crippen molar-refractivity contribution in [1.82, 2.24) is 9.96 Å². The van der Waals surface area contributed by atoms with Gasteiger partial charge in [0.25, 0.3) is 11.8 Å². The third-order valence-electron chi connectivity index (χ3n) is 6.61. The van der Waals surface area contributed by atoms with Crippen molar-refractivity contribution < 1.29 is 14.8 Å². The van der Waals surface area contributed by atoms with Gasteiger partial charge in [-0.3, -0.25) is 14.5 Å². The number of rotatable bonds is 2. The minimum Gasteiger partial charge on any atom is -0.275 e. The van der Waals surface area contributed by atoms with Crippen LogP contribution in [0.25, 0.3) is 0 Å². The van der Waals surface area contributed by atoms with Crippen LogP contribution in [0.4, 0.5) is 0 Å². The second kappa shape index (κ2) is 6.78. The van der Waals surface area contributed by atoms with Gasteiger partial charge in [0.15, 0.2) is 0 Å². The van der Waals surface area contributed by atoms with Crippen molar-refractivity contribution >= 4 is 11.8 Å². The first kappa shape index (κ1) is 17.7. The summed E-state index contributed by atoms with van der Waals surface area (Å²) in [6, 6.07) is 9.63. The van der Waals surface area contributed by atoms with Crippen LogP contribution in [-0.2, 0) is 21.3 Å². The molecule has 5 nitrogen and oxygen atoms in total. The van der Waals surface area contributed by atoms with Crippen molar-refractivity contribution in [1.29, 1.82) is 0 Å². The number of benzene rings is 1. The van der Waals surface area contributed by atoms with Crippen LogP contribution < -0.4 is 0 Å². The summed E-state index contributed by atoms with van der Waals surface area (Å²) < 4.78 is 0. The first-order valence-electron chi connectivity index (χ1n) is 9.98. The van der Waals surface area contributed by atoms with E-state index in [-0.39, 0.29) is 18.4 Å². The normalized spacial score (nSPS) is 25.8. The van der Waals surface area contributed by atoms with Gasteiger partial charge in [0.05, 0.1) is 6.54 Å². The molecule has 0 atom stereocenters. The number of carbonyl (C=O) groups excluding carboxylic acids is 2. The summed E-state index contributed by atoms with van der Waals surface area (Å²) in [5, 5.41) is 14.5. The first-order chi connectivity index (χ1) is 12.6. The summed E-state index contributed by atoms with van der Waals surface area (Å²) in [7, 11) is 0. The summed E-state index contributed by atoms with van der Waals surface area (Å²) in [6.45, 7) is 0.274. The van der Waals surface area contributed by atoms with Gasteiger partial charge in [-0.25, -0.2) is 0 Å². The van der Waals surface area contributed by atoms with E-state index in [1.165, 1.54) is 4.90 Å². The minimum atomic E-state index is -1.03. The minimum absolute atomic E-state index is 0.266. The van der Waals surface area contributed by atoms with E-state index >= 15 is 0 Å². The number of carbonyl (C=O) groups is 2. The lowest BCUT2D eigenvalue weighted by Crippen LogP contribution is -2.76. The van der Waals surface area contributed by atoms with Gasteiger partial charge >= 0.3 is 0 Å². The van der Waals surface area contributed by atoms with E-state index in [4.69, 9.17) is 0 Å². The lowest BCUT2D eigenvalue weighted by Gasteiger charge is -2.56. The number of imide groups is 1. The molecule has 2 saturated carbocycles. The van der Waals surface area contributed by atoms with Gasteiger partial charge in [0.2, 0.25) is 0 Å². The maximum atomic E-state index is 13.5. The fourth-order valence-corrected chi connectivity index (χ4v) is 5.19. The Labute approximate surface area is 154 Å². The molecule has 2 aliphatic carbocycles. The zero-order valence-electron chi connectivity index (χ0n) is 15.3. The molecular formula is C21H27N2O3. The highest BCUT2D eigenvalue weighted by atomic mass is 16.5. The van der Waals surface area contributed by atoms with Crippen LogP contribution in [0.1, 0.15) is 69.8 Å². The molecule has 5 heteroatoms. The van der Waals surface area contributed by atoms with E-state index in [0.29, 0.717) is 25.7 Å². The maximum Gasteiger partial charge on any atom is 0.252 e. The Bertz CT molecular complexity index is 638. The fourth-order valence-electron chi connectivity index (χ4n) is 5.19. The quantitative estimate of drug-likeness (QED) is 0.762. The average molecular weight is 355 g/mol. The molecule has 26 heavy (non-hydrogen) atoms. The third kappa shape index (κ3) is 2.60. The van der Waals surface area contributed by atoms with Gasteiger partial charge in [-0.15, -0.1) is 10.3 Å². The van der Waals surface area contributed by atoms with E-state index in [1.54, 1.807) is 0 Å². The van der Waals surface area contributed by atoms with Crippen molar-refractivity contribution in [2.75, 3.05) is 0 Å². The molecule has 4 rings (SSSR count). The smallest absolute Gasteiger partial charge is 0.252 e. The van der Waals surface area contributed by atoms with Crippen LogP contribution in [-0.4, -0.2) is 32.9 Å². The summed E-state index contributed by atoms with van der Waals surface area (Å²) in [6.07, 6.45) is 7.96. The number of hydrogen-bond acceptors (Lipinski definition) is 3. The monoisotopic (exact) mass is 355 g/mol. The second-order valence-corrected chi connectivity index (χ2v) is 8.16. The van der Waals surface area contributed by atoms with Crippen molar-refractivity contribution in [3.05, 3.63) is 35.9 Å². The first-order valence-corrected chi connectivity index (χ1v) is 9.98. The molecule has 0 bridgehead atoms. The van der Waals surface area contributed by atoms with Crippen molar-refractivity contribution in [2.24, 2.45) is 0 Å². The van der Waals surface area contributed by atoms with Gasteiger partial charge in [0, 0.05) is 0 Å². The van der Waals surface area contributed by atoms with Crippen LogP contribution >= 0.6 is 0 Å². The molecule has 1 aromatic carbocycles. The highest BCUT2D eigenvalue weighted by Crippen LogP contribution is 2.48. The zero-order valence-corrected chi connectivity index (χ0v) is 15.3. The standard InChI is InChI=1S/C21H27N2O3/c24-18-20(12-6-2-7-13-20)23(26)21(14-8-3-9-15-21)19(25)22(18)16-17-10-4-1-5-11-17/h1,4-5,10-11H,2-3,6-9,12-16H2. The Morgan fingerprint density at radius 2 is 1.19 bits per heavy atom. The van der Waals surface area contributed by atoms with E-state index in [0.717, 1.165) is 49.2 Å². The third-order valence-corrected chi connectivity index (χ3v) is 6.61. The summed E-state index contributed by atoms with van der Waals surface area (Å²) >= 11 is 0. The van der Waals surface area contributed by atoms with E-state index in [1.807, 2.05) is 30.3 Å². The molecular weight excluding hydrogens is 328 g/mol. The van der Waals surface area contributed by atoms with Crippen molar-refractivity contribution in [2.45, 2.75) is 81.8 Å². The molecule has 1 saturated heterocycles. The second-order valence-electron chi connectivity index (χ2n) is 8.16. The Morgan fingerprint density at radius 1 is 0.731 bits per heavy atom. The highest BCUT2D eigenvalue weighted by Gasteiger charge is 2.64. The number of nitrogens with zero attached hydrogens (tertiary/aromatic N) is 2. The lowest BCUT2D eigenvalue weighted by molar-refractivity contribution is -0.300. The van der Waals surface area contributed by atoms with Gasteiger partial charge in [-0.1, -0.05) is 68.9 Å². The van der Waals surface area contributed by atoms with Gasteiger partial charge in [-0.05, 0) is 31.2 Å². The predicted octanol–water partition coefficient (Wildman–Crippen LogP) is 3.61. The van der Waals surface area contributed by atoms with Crippen LogP contribution in [0.2, 0.25) is 0 Å². The summed E-state index contributed by atoms with van der Waals surface area (Å²) in [4.78, 5) is 28.3. The zero-order chi connectivity index (χ0) is 18.2. The fraction of sp³-hybridized carbons (Fsp3) is 0.619. The average Bonchev–Trinajstić information content (AvgIpc) is 2.71. The van der Waals surface area contributed by atoms with E-state index in [9.17, 15) is 14.8 Å². The Morgan fingerprint density at radius 3 is 1.65 bits per heavy atom. The SMILES string of the molecule is [O]N1C2(CCCCC2)C(=O)N(Cc2ccccc2)C(=O)C12CCCCC2. The van der Waals surface area contributed by atoms with Crippen LogP contribution in [0.3, 0.4) is 0 Å². The molecule has 3 aliphatic rings. The van der Waals surface area contributed by atoms with Crippen LogP contribution in [0, 0.1) is 0 Å². The van der Waals surface area contributed by atoms with Gasteiger partial charge in [0.1, 0.15) is 11.1 Å². The Kier molecular flexibility index (Phi) is 4.61. The van der Waals surface area contributed by atoms with Gasteiger partial charge in [-0.2, -0.15) is 0 Å².